The van der Waals surface area contributed by atoms with Gasteiger partial charge in [-0.3, -0.25) is 4.79 Å². The quantitative estimate of drug-likeness (QED) is 0.920. The molecule has 0 aliphatic heterocycles. The van der Waals surface area contributed by atoms with Crippen LogP contribution >= 0.6 is 11.3 Å². The number of hydrogen-bond donors (Lipinski definition) is 1. The fourth-order valence-electron chi connectivity index (χ4n) is 1.55. The second-order valence-corrected chi connectivity index (χ2v) is 6.35. The van der Waals surface area contributed by atoms with Gasteiger partial charge < -0.3 is 5.32 Å². The van der Waals surface area contributed by atoms with Crippen molar-refractivity contribution in [2.45, 2.75) is 26.2 Å². The van der Waals surface area contributed by atoms with Crippen molar-refractivity contribution in [2.24, 2.45) is 0 Å². The van der Waals surface area contributed by atoms with Gasteiger partial charge in [-0.25, -0.2) is 9.97 Å². The molecule has 0 aliphatic carbocycles. The number of anilines is 1. The van der Waals surface area contributed by atoms with E-state index in [2.05, 4.69) is 42.1 Å². The Morgan fingerprint density at radius 3 is 2.55 bits per heavy atom. The van der Waals surface area contributed by atoms with Crippen LogP contribution < -0.4 is 5.32 Å². The molecule has 2 heterocycles. The van der Waals surface area contributed by atoms with Crippen molar-refractivity contribution >= 4 is 22.9 Å². The maximum absolute atomic E-state index is 12.0. The molecular weight excluding hydrogens is 272 g/mol. The van der Waals surface area contributed by atoms with Crippen LogP contribution in [0.3, 0.4) is 0 Å². The van der Waals surface area contributed by atoms with Gasteiger partial charge in [0, 0.05) is 17.3 Å². The van der Waals surface area contributed by atoms with Crippen LogP contribution in [0, 0.1) is 11.3 Å². The van der Waals surface area contributed by atoms with E-state index in [0.29, 0.717) is 16.1 Å². The molecule has 0 radical (unpaired) electrons. The fraction of sp³-hybridized carbons (Fsp3) is 0.286. The molecule has 0 saturated carbocycles. The number of carbonyl (C=O) groups is 1. The Morgan fingerprint density at radius 2 is 2.00 bits per heavy atom. The van der Waals surface area contributed by atoms with Gasteiger partial charge in [-0.1, -0.05) is 20.8 Å². The van der Waals surface area contributed by atoms with Gasteiger partial charge in [-0.15, -0.1) is 11.3 Å². The number of rotatable bonds is 2. The van der Waals surface area contributed by atoms with Gasteiger partial charge in [-0.05, 0) is 11.5 Å². The summed E-state index contributed by atoms with van der Waals surface area (Å²) in [6, 6.07) is 3.97. The average molecular weight is 286 g/mol. The van der Waals surface area contributed by atoms with E-state index in [1.165, 1.54) is 30.1 Å². The Labute approximate surface area is 121 Å². The number of aromatic nitrogens is 2. The molecule has 0 aromatic carbocycles. The zero-order chi connectivity index (χ0) is 14.8. The van der Waals surface area contributed by atoms with Gasteiger partial charge in [0.05, 0.1) is 11.3 Å². The smallest absolute Gasteiger partial charge is 0.258 e. The highest BCUT2D eigenvalue weighted by Gasteiger charge is 2.20. The van der Waals surface area contributed by atoms with Gasteiger partial charge in [-0.2, -0.15) is 5.26 Å². The number of hydrogen-bond acceptors (Lipinski definition) is 5. The van der Waals surface area contributed by atoms with Crippen molar-refractivity contribution in [3.63, 3.8) is 0 Å². The lowest BCUT2D eigenvalue weighted by Gasteiger charge is -2.15. The third-order valence-corrected chi connectivity index (χ3v) is 4.11. The van der Waals surface area contributed by atoms with Crippen LogP contribution in [0.15, 0.2) is 24.8 Å². The monoisotopic (exact) mass is 286 g/mol. The van der Waals surface area contributed by atoms with E-state index in [4.69, 9.17) is 5.26 Å². The minimum Gasteiger partial charge on any atom is -0.320 e. The maximum Gasteiger partial charge on any atom is 0.258 e. The molecule has 1 N–H and O–H groups in total. The summed E-state index contributed by atoms with van der Waals surface area (Å²) in [5.74, 6) is -0.319. The highest BCUT2D eigenvalue weighted by Crippen LogP contribution is 2.35. The Balaban J connectivity index is 2.28. The number of nitrogens with one attached hydrogen (secondary N) is 1. The van der Waals surface area contributed by atoms with Crippen molar-refractivity contribution in [3.8, 4) is 6.07 Å². The molecule has 0 fully saturated rings. The minimum atomic E-state index is -0.319. The maximum atomic E-state index is 12.0. The zero-order valence-electron chi connectivity index (χ0n) is 11.5. The summed E-state index contributed by atoms with van der Waals surface area (Å²) in [6.07, 6.45) is 4.23. The highest BCUT2D eigenvalue weighted by molar-refractivity contribution is 7.13. The predicted octanol–water partition coefficient (Wildman–Crippen LogP) is 2.96. The summed E-state index contributed by atoms with van der Waals surface area (Å²) in [5, 5.41) is 11.9. The average Bonchev–Trinajstić information content (AvgIpc) is 2.82. The van der Waals surface area contributed by atoms with E-state index in [9.17, 15) is 4.79 Å². The second-order valence-electron chi connectivity index (χ2n) is 5.30. The van der Waals surface area contributed by atoms with Crippen molar-refractivity contribution in [3.05, 3.63) is 40.1 Å². The summed E-state index contributed by atoms with van der Waals surface area (Å²) < 4.78 is 0. The first-order chi connectivity index (χ1) is 9.41. The molecule has 0 unspecified atom stereocenters. The SMILES string of the molecule is CC(C)(C)c1cc(NC(=O)c2cncnc2)c(C#N)s1. The first kappa shape index (κ1) is 14.2. The first-order valence-electron chi connectivity index (χ1n) is 6.02. The van der Waals surface area contributed by atoms with Crippen molar-refractivity contribution < 1.29 is 4.79 Å². The van der Waals surface area contributed by atoms with E-state index in [1.807, 2.05) is 6.07 Å². The van der Waals surface area contributed by atoms with Crippen LogP contribution in [-0.2, 0) is 5.41 Å². The molecule has 0 spiro atoms. The molecule has 2 aromatic rings. The van der Waals surface area contributed by atoms with Crippen LogP contribution in [0.2, 0.25) is 0 Å². The fourth-order valence-corrected chi connectivity index (χ4v) is 2.52. The van der Waals surface area contributed by atoms with Gasteiger partial charge in [0.15, 0.2) is 0 Å². The number of nitrogens with zero attached hydrogens (tertiary/aromatic N) is 3. The summed E-state index contributed by atoms with van der Waals surface area (Å²) in [7, 11) is 0. The number of carbonyl (C=O) groups excluding carboxylic acids is 1. The normalized spacial score (nSPS) is 10.9. The van der Waals surface area contributed by atoms with Crippen LogP contribution in [0.4, 0.5) is 5.69 Å². The molecule has 0 bridgehead atoms. The van der Waals surface area contributed by atoms with Gasteiger partial charge >= 0.3 is 0 Å². The van der Waals surface area contributed by atoms with E-state index in [0.717, 1.165) is 4.88 Å². The largest absolute Gasteiger partial charge is 0.320 e. The molecule has 0 atom stereocenters. The standard InChI is InChI=1S/C14H14N4OS/c1-14(2,3)12-4-10(11(5-15)20-12)18-13(19)9-6-16-8-17-7-9/h4,6-8H,1-3H3,(H,18,19). The number of amides is 1. The van der Waals surface area contributed by atoms with Crippen LogP contribution in [0.5, 0.6) is 0 Å². The summed E-state index contributed by atoms with van der Waals surface area (Å²) >= 11 is 1.40. The van der Waals surface area contributed by atoms with E-state index >= 15 is 0 Å². The van der Waals surface area contributed by atoms with Crippen molar-refractivity contribution in [1.29, 1.82) is 5.26 Å². The molecule has 2 aromatic heterocycles. The summed E-state index contributed by atoms with van der Waals surface area (Å²) in [5.41, 5.74) is 0.839. The first-order valence-corrected chi connectivity index (χ1v) is 6.84. The lowest BCUT2D eigenvalue weighted by atomic mass is 9.94. The third-order valence-electron chi connectivity index (χ3n) is 2.64. The lowest BCUT2D eigenvalue weighted by molar-refractivity contribution is 0.102. The molecule has 0 saturated heterocycles. The molecular formula is C14H14N4OS. The molecule has 2 rings (SSSR count). The summed E-state index contributed by atoms with van der Waals surface area (Å²) in [4.78, 5) is 21.2. The minimum absolute atomic E-state index is 0.0604. The molecule has 6 heteroatoms. The predicted molar refractivity (Wildman–Crippen MR) is 77.7 cm³/mol. The summed E-state index contributed by atoms with van der Waals surface area (Å²) in [6.45, 7) is 6.20. The van der Waals surface area contributed by atoms with Gasteiger partial charge in [0.2, 0.25) is 0 Å². The third kappa shape index (κ3) is 3.00. The number of thiophene rings is 1. The Morgan fingerprint density at radius 1 is 1.35 bits per heavy atom. The van der Waals surface area contributed by atoms with Crippen molar-refractivity contribution in [2.75, 3.05) is 5.32 Å². The van der Waals surface area contributed by atoms with Crippen LogP contribution in [0.1, 0.15) is 40.9 Å². The molecule has 20 heavy (non-hydrogen) atoms. The molecule has 102 valence electrons. The Kier molecular flexibility index (Phi) is 3.81. The molecule has 1 amide bonds. The highest BCUT2D eigenvalue weighted by atomic mass is 32.1. The van der Waals surface area contributed by atoms with Crippen molar-refractivity contribution in [1.82, 2.24) is 9.97 Å². The van der Waals surface area contributed by atoms with Gasteiger partial charge in [0.25, 0.3) is 5.91 Å². The molecule has 0 aliphatic rings. The zero-order valence-corrected chi connectivity index (χ0v) is 12.3. The number of nitriles is 1. The topological polar surface area (TPSA) is 78.7 Å². The lowest BCUT2D eigenvalue weighted by Crippen LogP contribution is -2.13. The Hall–Kier alpha value is -2.26. The van der Waals surface area contributed by atoms with Crippen LogP contribution in [0.25, 0.3) is 0 Å². The van der Waals surface area contributed by atoms with E-state index < -0.39 is 0 Å². The van der Waals surface area contributed by atoms with Gasteiger partial charge in [0.1, 0.15) is 17.3 Å². The van der Waals surface area contributed by atoms with E-state index in [1.54, 1.807) is 0 Å². The Bertz CT molecular complexity index is 665. The molecule has 5 nitrogen and oxygen atoms in total. The second kappa shape index (κ2) is 5.39. The van der Waals surface area contributed by atoms with E-state index in [-0.39, 0.29) is 11.3 Å². The van der Waals surface area contributed by atoms with Crippen LogP contribution in [-0.4, -0.2) is 15.9 Å².